The number of rotatable bonds is 7. The summed E-state index contributed by atoms with van der Waals surface area (Å²) in [6.07, 6.45) is 0. The highest BCUT2D eigenvalue weighted by atomic mass is 16.6. The van der Waals surface area contributed by atoms with Gasteiger partial charge in [0.2, 0.25) is 0 Å². The number of nitrogens with two attached hydrogens (primary N) is 1. The van der Waals surface area contributed by atoms with E-state index in [-0.39, 0.29) is 29.6 Å². The average Bonchev–Trinajstić information content (AvgIpc) is 2.59. The van der Waals surface area contributed by atoms with Gasteiger partial charge in [0.15, 0.2) is 23.9 Å². The Morgan fingerprint density at radius 2 is 1.84 bits per heavy atom. The van der Waals surface area contributed by atoms with Crippen LogP contribution in [0.1, 0.15) is 10.4 Å². The van der Waals surface area contributed by atoms with E-state index in [4.69, 9.17) is 15.2 Å². The molecule has 2 rings (SSSR count). The van der Waals surface area contributed by atoms with E-state index in [1.807, 2.05) is 0 Å². The van der Waals surface area contributed by atoms with Crippen LogP contribution in [0.15, 0.2) is 42.5 Å². The maximum absolute atomic E-state index is 12.2. The minimum atomic E-state index is -0.708. The Hall–Kier alpha value is -3.62. The van der Waals surface area contributed by atoms with E-state index in [1.54, 1.807) is 0 Å². The van der Waals surface area contributed by atoms with Crippen LogP contribution < -0.4 is 20.5 Å². The van der Waals surface area contributed by atoms with Crippen LogP contribution in [-0.2, 0) is 0 Å². The third-order valence-corrected chi connectivity index (χ3v) is 3.19. The van der Waals surface area contributed by atoms with Gasteiger partial charge in [-0.15, -0.1) is 0 Å². The average molecular weight is 345 g/mol. The van der Waals surface area contributed by atoms with E-state index in [1.165, 1.54) is 49.6 Å². The topological polar surface area (TPSA) is 134 Å². The Bertz CT molecular complexity index is 804. The lowest BCUT2D eigenvalue weighted by atomic mass is 10.1. The Morgan fingerprint density at radius 3 is 2.40 bits per heavy atom. The molecule has 0 fully saturated rings. The molecule has 9 nitrogen and oxygen atoms in total. The largest absolute Gasteiger partial charge is 0.493 e. The van der Waals surface area contributed by atoms with Crippen molar-refractivity contribution in [1.82, 2.24) is 0 Å². The Kier molecular flexibility index (Phi) is 5.51. The molecule has 0 radical (unpaired) electrons. The fraction of sp³-hybridized carbons (Fsp3) is 0.125. The normalized spacial score (nSPS) is 9.96. The number of carbonyl (C=O) groups is 2. The van der Waals surface area contributed by atoms with Crippen LogP contribution in [0.5, 0.6) is 11.5 Å². The van der Waals surface area contributed by atoms with Crippen LogP contribution in [0.25, 0.3) is 0 Å². The lowest BCUT2D eigenvalue weighted by Gasteiger charge is -2.10. The van der Waals surface area contributed by atoms with Gasteiger partial charge in [0.25, 0.3) is 5.69 Å². The summed E-state index contributed by atoms with van der Waals surface area (Å²) in [5, 5.41) is 13.2. The summed E-state index contributed by atoms with van der Waals surface area (Å²) in [6, 6.07) is 9.19. The molecule has 130 valence electrons. The number of amides is 2. The van der Waals surface area contributed by atoms with E-state index < -0.39 is 11.0 Å². The summed E-state index contributed by atoms with van der Waals surface area (Å²) in [4.78, 5) is 33.2. The molecule has 25 heavy (non-hydrogen) atoms. The Labute approximate surface area is 142 Å². The molecule has 2 aromatic carbocycles. The molecule has 0 bridgehead atoms. The summed E-state index contributed by atoms with van der Waals surface area (Å²) >= 11 is 0. The van der Waals surface area contributed by atoms with Crippen LogP contribution in [0.3, 0.4) is 0 Å². The maximum atomic E-state index is 12.2. The lowest BCUT2D eigenvalue weighted by Crippen LogP contribution is -2.19. The first kappa shape index (κ1) is 17.7. The quantitative estimate of drug-likeness (QED) is 0.449. The number of primary amides is 1. The summed E-state index contributed by atoms with van der Waals surface area (Å²) in [5.41, 5.74) is 5.62. The number of nitro groups is 1. The second-order valence-electron chi connectivity index (χ2n) is 4.87. The maximum Gasteiger partial charge on any atom is 0.316 e. The van der Waals surface area contributed by atoms with Gasteiger partial charge in [0.05, 0.1) is 18.1 Å². The van der Waals surface area contributed by atoms with Crippen LogP contribution in [-0.4, -0.2) is 30.5 Å². The van der Waals surface area contributed by atoms with Crippen LogP contribution in [0.4, 0.5) is 16.2 Å². The van der Waals surface area contributed by atoms with Crippen LogP contribution in [0.2, 0.25) is 0 Å². The monoisotopic (exact) mass is 345 g/mol. The molecule has 0 aliphatic heterocycles. The zero-order valence-electron chi connectivity index (χ0n) is 13.2. The summed E-state index contributed by atoms with van der Waals surface area (Å²) in [7, 11) is 1.39. The number of urea groups is 1. The van der Waals surface area contributed by atoms with Gasteiger partial charge in [0, 0.05) is 17.3 Å². The van der Waals surface area contributed by atoms with Crippen LogP contribution >= 0.6 is 0 Å². The number of carbonyl (C=O) groups excluding carboxylic acids is 2. The summed E-state index contributed by atoms with van der Waals surface area (Å²) in [5.74, 6) is 0.0238. The minimum Gasteiger partial charge on any atom is -0.493 e. The second kappa shape index (κ2) is 7.77. The van der Waals surface area contributed by atoms with E-state index in [2.05, 4.69) is 5.32 Å². The fourth-order valence-corrected chi connectivity index (χ4v) is 2.00. The third kappa shape index (κ3) is 4.67. The molecule has 0 heterocycles. The molecule has 0 aromatic heterocycles. The molecule has 9 heteroatoms. The van der Waals surface area contributed by atoms with Gasteiger partial charge >= 0.3 is 6.03 Å². The van der Waals surface area contributed by atoms with E-state index in [9.17, 15) is 19.7 Å². The van der Waals surface area contributed by atoms with Crippen molar-refractivity contribution >= 4 is 23.2 Å². The van der Waals surface area contributed by atoms with Crippen molar-refractivity contribution in [3.05, 3.63) is 58.1 Å². The van der Waals surface area contributed by atoms with Gasteiger partial charge in [-0.25, -0.2) is 4.79 Å². The molecule has 0 atom stereocenters. The molecular formula is C16H15N3O6. The molecule has 2 amide bonds. The van der Waals surface area contributed by atoms with Crippen molar-refractivity contribution in [1.29, 1.82) is 0 Å². The van der Waals surface area contributed by atoms with Gasteiger partial charge < -0.3 is 20.5 Å². The number of non-ortho nitro benzene ring substituents is 1. The van der Waals surface area contributed by atoms with Gasteiger partial charge in [-0.1, -0.05) is 0 Å². The number of Topliss-reactive ketones (excluding diaryl/α,β-unsaturated/α-hetero) is 1. The van der Waals surface area contributed by atoms with Gasteiger partial charge in [-0.2, -0.15) is 0 Å². The second-order valence-corrected chi connectivity index (χ2v) is 4.87. The van der Waals surface area contributed by atoms with E-state index in [0.29, 0.717) is 11.3 Å². The van der Waals surface area contributed by atoms with Crippen molar-refractivity contribution in [2.45, 2.75) is 0 Å². The first-order chi connectivity index (χ1) is 11.9. The number of hydrogen-bond acceptors (Lipinski definition) is 6. The summed E-state index contributed by atoms with van der Waals surface area (Å²) in [6.45, 7) is -0.333. The van der Waals surface area contributed by atoms with E-state index in [0.717, 1.165) is 0 Å². The smallest absolute Gasteiger partial charge is 0.316 e. The van der Waals surface area contributed by atoms with Crippen molar-refractivity contribution in [3.63, 3.8) is 0 Å². The zero-order chi connectivity index (χ0) is 18.4. The zero-order valence-corrected chi connectivity index (χ0v) is 13.2. The number of nitrogens with zero attached hydrogens (tertiary/aromatic N) is 1. The van der Waals surface area contributed by atoms with Gasteiger partial charge in [0.1, 0.15) is 0 Å². The molecule has 3 N–H and O–H groups in total. The Morgan fingerprint density at radius 1 is 1.16 bits per heavy atom. The number of benzene rings is 2. The number of nitrogens with one attached hydrogen (secondary N) is 1. The number of anilines is 1. The number of methoxy groups -OCH3 is 1. The van der Waals surface area contributed by atoms with Crippen molar-refractivity contribution < 1.29 is 24.0 Å². The number of hydrogen-bond donors (Lipinski definition) is 2. The van der Waals surface area contributed by atoms with Crippen molar-refractivity contribution in [2.75, 3.05) is 19.0 Å². The molecule has 0 aliphatic rings. The molecular weight excluding hydrogens is 330 g/mol. The van der Waals surface area contributed by atoms with Gasteiger partial charge in [-0.3, -0.25) is 14.9 Å². The number of ether oxygens (including phenoxy) is 2. The molecule has 0 saturated heterocycles. The number of ketones is 1. The molecule has 0 spiro atoms. The molecule has 0 unspecified atom stereocenters. The van der Waals surface area contributed by atoms with Crippen LogP contribution in [0, 0.1) is 10.1 Å². The molecule has 2 aromatic rings. The molecule has 0 saturated carbocycles. The highest BCUT2D eigenvalue weighted by Crippen LogP contribution is 2.31. The molecule has 0 aliphatic carbocycles. The predicted molar refractivity (Wildman–Crippen MR) is 89.1 cm³/mol. The summed E-state index contributed by atoms with van der Waals surface area (Å²) < 4.78 is 10.4. The third-order valence-electron chi connectivity index (χ3n) is 3.19. The lowest BCUT2D eigenvalue weighted by molar-refractivity contribution is -0.385. The van der Waals surface area contributed by atoms with E-state index >= 15 is 0 Å². The van der Waals surface area contributed by atoms with Crippen molar-refractivity contribution in [3.8, 4) is 11.5 Å². The SMILES string of the molecule is COc1ccc([N+](=O)[O-])cc1OCC(=O)c1ccc(NC(N)=O)cc1. The minimum absolute atomic E-state index is 0.0945. The first-order valence-corrected chi connectivity index (χ1v) is 7.05. The van der Waals surface area contributed by atoms with Crippen molar-refractivity contribution in [2.24, 2.45) is 5.73 Å². The standard InChI is InChI=1S/C16H15N3O6/c1-24-14-7-6-12(19(22)23)8-15(14)25-9-13(20)10-2-4-11(5-3-10)18-16(17)21/h2-8H,9H2,1H3,(H3,17,18,21). The van der Waals surface area contributed by atoms with Gasteiger partial charge in [-0.05, 0) is 30.3 Å². The number of nitro benzene ring substituents is 1. The highest BCUT2D eigenvalue weighted by molar-refractivity contribution is 5.98. The Balaban J connectivity index is 2.07. The first-order valence-electron chi connectivity index (χ1n) is 7.05. The predicted octanol–water partition coefficient (Wildman–Crippen LogP) is 2.36. The highest BCUT2D eigenvalue weighted by Gasteiger charge is 2.14. The fourth-order valence-electron chi connectivity index (χ4n) is 2.00.